The smallest absolute Gasteiger partial charge is 0.456 e. The Bertz CT molecular complexity index is 1650. The molecule has 9 nitrogen and oxygen atoms in total. The molecular formula is C76H144N2O7P+. The maximum atomic E-state index is 13.6. The van der Waals surface area contributed by atoms with Crippen LogP contribution in [0.2, 0.25) is 0 Å². The number of nitrogens with one attached hydrogen (secondary N) is 1. The lowest BCUT2D eigenvalue weighted by Crippen LogP contribution is -2.47. The van der Waals surface area contributed by atoms with Gasteiger partial charge in [0.2, 0.25) is 5.91 Å². The van der Waals surface area contributed by atoms with E-state index >= 15 is 0 Å². The fourth-order valence-corrected chi connectivity index (χ4v) is 11.7. The molecule has 0 fully saturated rings. The largest absolute Gasteiger partial charge is 0.472 e. The van der Waals surface area contributed by atoms with Crippen LogP contribution in [0.3, 0.4) is 0 Å². The highest BCUT2D eigenvalue weighted by molar-refractivity contribution is 7.47. The Morgan fingerprint density at radius 2 is 0.709 bits per heavy atom. The van der Waals surface area contributed by atoms with Crippen molar-refractivity contribution in [2.24, 2.45) is 0 Å². The van der Waals surface area contributed by atoms with Crippen LogP contribution in [0.1, 0.15) is 361 Å². The zero-order valence-electron chi connectivity index (χ0n) is 57.8. The van der Waals surface area contributed by atoms with E-state index in [9.17, 15) is 19.0 Å². The second-order valence-electron chi connectivity index (χ2n) is 26.5. The van der Waals surface area contributed by atoms with Crippen LogP contribution in [0, 0.1) is 0 Å². The van der Waals surface area contributed by atoms with Crippen LogP contribution in [0.15, 0.2) is 60.8 Å². The molecule has 0 aromatic carbocycles. The number of carbonyl (C=O) groups is 2. The Morgan fingerprint density at radius 3 is 1.09 bits per heavy atom. The summed E-state index contributed by atoms with van der Waals surface area (Å²) in [5.41, 5.74) is 0. The lowest BCUT2D eigenvalue weighted by atomic mass is 10.0. The number of phosphoric acid groups is 1. The van der Waals surface area contributed by atoms with Gasteiger partial charge in [-0.1, -0.05) is 313 Å². The van der Waals surface area contributed by atoms with Gasteiger partial charge in [0.1, 0.15) is 19.3 Å². The highest BCUT2D eigenvalue weighted by atomic mass is 31.2. The molecule has 1 amide bonds. The first-order chi connectivity index (χ1) is 41.9. The van der Waals surface area contributed by atoms with Crippen molar-refractivity contribution < 1.29 is 37.3 Å². The first-order valence-electron chi connectivity index (χ1n) is 37.1. The number of esters is 1. The van der Waals surface area contributed by atoms with Gasteiger partial charge in [0, 0.05) is 12.8 Å². The van der Waals surface area contributed by atoms with Gasteiger partial charge in [0.25, 0.3) is 0 Å². The molecule has 0 aliphatic rings. The number of hydrogen-bond acceptors (Lipinski definition) is 6. The Morgan fingerprint density at radius 1 is 0.407 bits per heavy atom. The number of unbranched alkanes of at least 4 members (excludes halogenated alkanes) is 44. The number of rotatable bonds is 68. The fourth-order valence-electron chi connectivity index (χ4n) is 10.9. The van der Waals surface area contributed by atoms with E-state index in [2.05, 4.69) is 74.7 Å². The highest BCUT2D eigenvalue weighted by Gasteiger charge is 2.30. The first-order valence-corrected chi connectivity index (χ1v) is 38.6. The van der Waals surface area contributed by atoms with Crippen LogP contribution in [-0.4, -0.2) is 74.3 Å². The molecule has 0 aromatic heterocycles. The van der Waals surface area contributed by atoms with Crippen molar-refractivity contribution in [1.82, 2.24) is 5.32 Å². The second kappa shape index (κ2) is 65.7. The van der Waals surface area contributed by atoms with Gasteiger partial charge in [-0.2, -0.15) is 0 Å². The van der Waals surface area contributed by atoms with Gasteiger partial charge in [-0.05, 0) is 96.0 Å². The van der Waals surface area contributed by atoms with E-state index in [1.807, 2.05) is 33.3 Å². The van der Waals surface area contributed by atoms with E-state index in [-0.39, 0.29) is 25.1 Å². The molecule has 3 atom stereocenters. The molecule has 0 bridgehead atoms. The second-order valence-corrected chi connectivity index (χ2v) is 27.9. The molecule has 2 N–H and O–H groups in total. The zero-order chi connectivity index (χ0) is 62.8. The standard InChI is InChI=1S/C76H143N2O7P/c1-7-10-13-16-19-22-25-28-30-32-34-36-37-38-39-40-41-43-45-47-49-51-54-57-60-63-66-69-76(80)85-74(67-64-61-58-55-52-27-24-21-18-15-12-9-3)73(72-84-86(81,82)83-71-70-78(4,5)6)77-75(79)68-65-62-59-56-53-50-48-46-44-42-35-33-31-29-26-23-20-17-14-11-8-2/h19,22,28-31,34,36,64,67,73-74H,7-18,20-21,23-27,32-33,35,37-63,65-66,68-72H2,1-6H3,(H-,77,79,81,82)/p+1/b22-19-,30-28-,31-29+,36-34-,67-64-. The molecule has 0 heterocycles. The number of carbonyl (C=O) groups excluding carboxylic acids is 2. The Labute approximate surface area is 534 Å². The number of phosphoric ester groups is 1. The molecule has 0 aliphatic heterocycles. The molecule has 0 spiro atoms. The van der Waals surface area contributed by atoms with Gasteiger partial charge < -0.3 is 19.4 Å². The van der Waals surface area contributed by atoms with Crippen molar-refractivity contribution in [1.29, 1.82) is 0 Å². The summed E-state index contributed by atoms with van der Waals surface area (Å²) >= 11 is 0. The number of quaternary nitrogens is 1. The van der Waals surface area contributed by atoms with Crippen molar-refractivity contribution >= 4 is 19.7 Å². The highest BCUT2D eigenvalue weighted by Crippen LogP contribution is 2.43. The summed E-state index contributed by atoms with van der Waals surface area (Å²) in [6.45, 7) is 7.03. The van der Waals surface area contributed by atoms with Gasteiger partial charge in [-0.15, -0.1) is 0 Å². The predicted molar refractivity (Wildman–Crippen MR) is 374 cm³/mol. The van der Waals surface area contributed by atoms with Gasteiger partial charge in [-0.3, -0.25) is 18.6 Å². The summed E-state index contributed by atoms with van der Waals surface area (Å²) < 4.78 is 30.9. The van der Waals surface area contributed by atoms with Crippen LogP contribution in [0.5, 0.6) is 0 Å². The van der Waals surface area contributed by atoms with Crippen LogP contribution >= 0.6 is 7.82 Å². The average Bonchev–Trinajstić information content (AvgIpc) is 3.65. The van der Waals surface area contributed by atoms with Crippen molar-refractivity contribution in [3.8, 4) is 0 Å². The third kappa shape index (κ3) is 66.1. The minimum absolute atomic E-state index is 0.0407. The van der Waals surface area contributed by atoms with Crippen molar-refractivity contribution in [2.45, 2.75) is 373 Å². The maximum Gasteiger partial charge on any atom is 0.472 e. The molecule has 3 unspecified atom stereocenters. The number of allylic oxidation sites excluding steroid dienone is 9. The number of amides is 1. The van der Waals surface area contributed by atoms with Crippen molar-refractivity contribution in [2.75, 3.05) is 40.9 Å². The SMILES string of the molecule is CCCCC/C=C\C/C=C\C/C=C\CCCCCCCCCCCCCCCCC(=O)OC(/C=C\CCCCCCCCCCCC)C(COP(=O)(O)OCC[N+](C)(C)C)NC(=O)CCCCCCCCCCCCC/C=C/CCCCCCCC. The summed E-state index contributed by atoms with van der Waals surface area (Å²) in [6, 6.07) is -0.850. The molecule has 504 valence electrons. The molecule has 86 heavy (non-hydrogen) atoms. The van der Waals surface area contributed by atoms with Gasteiger partial charge >= 0.3 is 13.8 Å². The maximum absolute atomic E-state index is 13.6. The van der Waals surface area contributed by atoms with Crippen LogP contribution < -0.4 is 5.32 Å². The minimum Gasteiger partial charge on any atom is -0.456 e. The van der Waals surface area contributed by atoms with Crippen molar-refractivity contribution in [3.63, 3.8) is 0 Å². The Balaban J connectivity index is 4.99. The summed E-state index contributed by atoms with van der Waals surface area (Å²) in [5.74, 6) is -0.492. The lowest BCUT2D eigenvalue weighted by Gasteiger charge is -2.27. The number of ether oxygens (including phenoxy) is 1. The number of likely N-dealkylation sites (N-methyl/N-ethyl adjacent to an activating group) is 1. The molecule has 0 aliphatic carbocycles. The quantitative estimate of drug-likeness (QED) is 0.0205. The van der Waals surface area contributed by atoms with E-state index in [0.717, 1.165) is 70.6 Å². The average molecular weight is 1230 g/mol. The monoisotopic (exact) mass is 1230 g/mol. The summed E-state index contributed by atoms with van der Waals surface area (Å²) in [7, 11) is 1.51. The summed E-state index contributed by atoms with van der Waals surface area (Å²) in [4.78, 5) is 37.9. The number of nitrogens with zero attached hydrogens (tertiary/aromatic N) is 1. The summed E-state index contributed by atoms with van der Waals surface area (Å²) in [5, 5.41) is 3.08. The van der Waals surface area contributed by atoms with E-state index in [4.69, 9.17) is 13.8 Å². The van der Waals surface area contributed by atoms with E-state index in [0.29, 0.717) is 23.9 Å². The van der Waals surface area contributed by atoms with Gasteiger partial charge in [0.05, 0.1) is 33.8 Å². The van der Waals surface area contributed by atoms with Gasteiger partial charge in [0.15, 0.2) is 0 Å². The molecule has 0 saturated heterocycles. The van der Waals surface area contributed by atoms with E-state index < -0.39 is 20.0 Å². The van der Waals surface area contributed by atoms with Crippen LogP contribution in [-0.2, 0) is 27.9 Å². The predicted octanol–water partition coefficient (Wildman–Crippen LogP) is 23.7. The third-order valence-corrected chi connectivity index (χ3v) is 17.7. The van der Waals surface area contributed by atoms with Crippen molar-refractivity contribution in [3.05, 3.63) is 60.8 Å². The normalized spacial score (nSPS) is 13.8. The van der Waals surface area contributed by atoms with Gasteiger partial charge in [-0.25, -0.2) is 4.57 Å². The topological polar surface area (TPSA) is 111 Å². The Kier molecular flexibility index (Phi) is 63.9. The molecule has 0 aromatic rings. The van der Waals surface area contributed by atoms with Crippen LogP contribution in [0.4, 0.5) is 0 Å². The third-order valence-electron chi connectivity index (χ3n) is 16.7. The minimum atomic E-state index is -4.46. The number of hydrogen-bond donors (Lipinski definition) is 2. The fraction of sp³-hybridized carbons (Fsp3) is 0.842. The molecule has 0 saturated carbocycles. The van der Waals surface area contributed by atoms with E-state index in [1.54, 1.807) is 0 Å². The Hall–Kier alpha value is -2.29. The zero-order valence-corrected chi connectivity index (χ0v) is 58.7. The molecule has 0 rings (SSSR count). The van der Waals surface area contributed by atoms with Crippen LogP contribution in [0.25, 0.3) is 0 Å². The molecule has 10 heteroatoms. The summed E-state index contributed by atoms with van der Waals surface area (Å²) in [6.07, 6.45) is 85.2. The lowest BCUT2D eigenvalue weighted by molar-refractivity contribution is -0.870. The van der Waals surface area contributed by atoms with E-state index in [1.165, 1.54) is 257 Å². The molecule has 0 radical (unpaired) electrons. The molecular weight excluding hydrogens is 1080 g/mol. The first kappa shape index (κ1) is 83.7.